The van der Waals surface area contributed by atoms with Gasteiger partial charge in [-0.25, -0.2) is 0 Å². The number of hydrogen-bond acceptors (Lipinski definition) is 5. The second-order valence-electron chi connectivity index (χ2n) is 7.75. The van der Waals surface area contributed by atoms with Gasteiger partial charge in [0.2, 0.25) is 0 Å². The Hall–Kier alpha value is -3.58. The van der Waals surface area contributed by atoms with Gasteiger partial charge in [0, 0.05) is 41.3 Å². The van der Waals surface area contributed by atoms with Crippen molar-refractivity contribution < 1.29 is 4.79 Å². The van der Waals surface area contributed by atoms with Gasteiger partial charge in [0.05, 0.1) is 40.5 Å². The van der Waals surface area contributed by atoms with Crippen molar-refractivity contribution in [3.05, 3.63) is 83.2 Å². The number of aromatic nitrogens is 5. The summed E-state index contributed by atoms with van der Waals surface area (Å²) in [6.45, 7) is 6.29. The highest BCUT2D eigenvalue weighted by Crippen LogP contribution is 2.29. The number of benzene rings is 1. The summed E-state index contributed by atoms with van der Waals surface area (Å²) >= 11 is 6.01. The van der Waals surface area contributed by atoms with Gasteiger partial charge in [-0.3, -0.25) is 24.4 Å². The Balaban J connectivity index is 1.71. The lowest BCUT2D eigenvalue weighted by Crippen LogP contribution is -2.23. The van der Waals surface area contributed by atoms with Crippen molar-refractivity contribution in [3.63, 3.8) is 0 Å². The van der Waals surface area contributed by atoms with E-state index in [0.717, 1.165) is 28.2 Å². The number of halogens is 1. The van der Waals surface area contributed by atoms with Crippen molar-refractivity contribution in [3.8, 4) is 22.5 Å². The molecular weight excluding hydrogens is 424 g/mol. The lowest BCUT2D eigenvalue weighted by molar-refractivity contribution is 0.0950. The number of rotatable bonds is 6. The van der Waals surface area contributed by atoms with Crippen LogP contribution in [0.1, 0.15) is 41.6 Å². The topological polar surface area (TPSA) is 85.6 Å². The molecule has 8 heteroatoms. The van der Waals surface area contributed by atoms with Crippen LogP contribution < -0.4 is 5.32 Å². The van der Waals surface area contributed by atoms with Crippen LogP contribution in [-0.2, 0) is 6.54 Å². The minimum Gasteiger partial charge on any atom is -0.346 e. The van der Waals surface area contributed by atoms with Gasteiger partial charge in [0.1, 0.15) is 0 Å². The molecule has 0 atom stereocenters. The first-order valence-electron chi connectivity index (χ1n) is 10.3. The predicted molar refractivity (Wildman–Crippen MR) is 124 cm³/mol. The molecule has 7 nitrogen and oxygen atoms in total. The van der Waals surface area contributed by atoms with E-state index in [1.54, 1.807) is 30.9 Å². The van der Waals surface area contributed by atoms with E-state index >= 15 is 0 Å². The number of carbonyl (C=O) groups is 1. The maximum absolute atomic E-state index is 13.0. The second-order valence-corrected chi connectivity index (χ2v) is 8.18. The maximum atomic E-state index is 13.0. The number of amides is 1. The van der Waals surface area contributed by atoms with E-state index in [-0.39, 0.29) is 18.5 Å². The third-order valence-corrected chi connectivity index (χ3v) is 5.16. The largest absolute Gasteiger partial charge is 0.346 e. The molecule has 4 rings (SSSR count). The zero-order valence-electron chi connectivity index (χ0n) is 18.1. The van der Waals surface area contributed by atoms with Crippen LogP contribution in [0.3, 0.4) is 0 Å². The predicted octanol–water partition coefficient (Wildman–Crippen LogP) is 4.87. The zero-order chi connectivity index (χ0) is 22.7. The summed E-state index contributed by atoms with van der Waals surface area (Å²) in [6.07, 6.45) is 6.70. The highest BCUT2D eigenvalue weighted by molar-refractivity contribution is 6.30. The Labute approximate surface area is 191 Å². The van der Waals surface area contributed by atoms with Gasteiger partial charge in [-0.1, -0.05) is 11.6 Å². The molecule has 162 valence electrons. The first-order valence-corrected chi connectivity index (χ1v) is 10.6. The average Bonchev–Trinajstić information content (AvgIpc) is 3.29. The number of nitrogens with zero attached hydrogens (tertiary/aromatic N) is 5. The van der Waals surface area contributed by atoms with Crippen LogP contribution >= 0.6 is 11.6 Å². The van der Waals surface area contributed by atoms with E-state index < -0.39 is 0 Å². The normalized spacial score (nSPS) is 11.0. The Morgan fingerprint density at radius 2 is 1.84 bits per heavy atom. The highest BCUT2D eigenvalue weighted by atomic mass is 35.5. The molecule has 4 aromatic rings. The number of pyridine rings is 1. The van der Waals surface area contributed by atoms with Gasteiger partial charge < -0.3 is 5.32 Å². The summed E-state index contributed by atoms with van der Waals surface area (Å²) in [6, 6.07) is 11.4. The molecule has 0 saturated heterocycles. The van der Waals surface area contributed by atoms with Crippen LogP contribution in [-0.4, -0.2) is 30.6 Å². The second kappa shape index (κ2) is 9.28. The molecule has 3 aromatic heterocycles. The Kier molecular flexibility index (Phi) is 6.28. The summed E-state index contributed by atoms with van der Waals surface area (Å²) in [7, 11) is 0. The molecule has 1 aromatic carbocycles. The molecule has 1 amide bonds. The van der Waals surface area contributed by atoms with Gasteiger partial charge in [-0.15, -0.1) is 0 Å². The first-order chi connectivity index (χ1) is 15.4. The van der Waals surface area contributed by atoms with Crippen LogP contribution in [0.5, 0.6) is 0 Å². The molecule has 0 aliphatic heterocycles. The van der Waals surface area contributed by atoms with Crippen molar-refractivity contribution in [1.29, 1.82) is 0 Å². The molecule has 0 bridgehead atoms. The van der Waals surface area contributed by atoms with Crippen LogP contribution in [0, 0.1) is 6.92 Å². The number of aryl methyl sites for hydroxylation is 1. The molecule has 0 saturated carbocycles. The van der Waals surface area contributed by atoms with Crippen LogP contribution in [0.4, 0.5) is 0 Å². The average molecular weight is 447 g/mol. The fourth-order valence-electron chi connectivity index (χ4n) is 3.34. The maximum Gasteiger partial charge on any atom is 0.251 e. The van der Waals surface area contributed by atoms with Gasteiger partial charge in [0.25, 0.3) is 5.91 Å². The Morgan fingerprint density at radius 1 is 1.03 bits per heavy atom. The fraction of sp³-hybridized carbons (Fsp3) is 0.208. The molecule has 1 N–H and O–H groups in total. The van der Waals surface area contributed by atoms with Crippen LogP contribution in [0.25, 0.3) is 22.5 Å². The van der Waals surface area contributed by atoms with Crippen molar-refractivity contribution >= 4 is 17.5 Å². The van der Waals surface area contributed by atoms with Gasteiger partial charge >= 0.3 is 0 Å². The smallest absolute Gasteiger partial charge is 0.251 e. The van der Waals surface area contributed by atoms with E-state index in [9.17, 15) is 4.79 Å². The Bertz CT molecular complexity index is 1230. The van der Waals surface area contributed by atoms with E-state index in [4.69, 9.17) is 11.6 Å². The first kappa shape index (κ1) is 21.6. The molecule has 0 fully saturated rings. The molecule has 0 unspecified atom stereocenters. The van der Waals surface area contributed by atoms with Crippen LogP contribution in [0.2, 0.25) is 5.02 Å². The quantitative estimate of drug-likeness (QED) is 0.456. The minimum absolute atomic E-state index is 0.176. The molecule has 0 aliphatic carbocycles. The minimum atomic E-state index is -0.208. The summed E-state index contributed by atoms with van der Waals surface area (Å²) < 4.78 is 1.93. The molecular formula is C24H23ClN6O. The highest BCUT2D eigenvalue weighted by Gasteiger charge is 2.15. The fourth-order valence-corrected chi connectivity index (χ4v) is 3.45. The molecule has 0 aliphatic rings. The van der Waals surface area contributed by atoms with Crippen LogP contribution in [0.15, 0.2) is 61.2 Å². The van der Waals surface area contributed by atoms with Crippen molar-refractivity contribution in [1.82, 2.24) is 30.0 Å². The molecule has 3 heterocycles. The monoisotopic (exact) mass is 446 g/mol. The van der Waals surface area contributed by atoms with Gasteiger partial charge in [0.15, 0.2) is 0 Å². The standard InChI is InChI=1S/C24H23ClN6O/c1-15(2)31-23(6-7-30-31)18-8-17(22-5-4-20(25)12-28-22)9-19(10-18)24(32)29-14-21-13-26-16(3)11-27-21/h4-13,15H,14H2,1-3H3,(H,29,32). The van der Waals surface area contributed by atoms with Crippen molar-refractivity contribution in [2.24, 2.45) is 0 Å². The zero-order valence-corrected chi connectivity index (χ0v) is 18.8. The van der Waals surface area contributed by atoms with Crippen molar-refractivity contribution in [2.45, 2.75) is 33.4 Å². The lowest BCUT2D eigenvalue weighted by atomic mass is 10.0. The Morgan fingerprint density at radius 3 is 2.53 bits per heavy atom. The molecule has 32 heavy (non-hydrogen) atoms. The van der Waals surface area contributed by atoms with E-state index in [1.807, 2.05) is 41.9 Å². The molecule has 0 radical (unpaired) electrons. The number of carbonyl (C=O) groups excluding carboxylic acids is 1. The summed E-state index contributed by atoms with van der Waals surface area (Å²) in [5, 5.41) is 7.91. The van der Waals surface area contributed by atoms with E-state index in [2.05, 4.69) is 39.2 Å². The lowest BCUT2D eigenvalue weighted by Gasteiger charge is -2.14. The third-order valence-electron chi connectivity index (χ3n) is 4.94. The summed E-state index contributed by atoms with van der Waals surface area (Å²) in [4.78, 5) is 26.0. The summed E-state index contributed by atoms with van der Waals surface area (Å²) in [5.41, 5.74) is 5.39. The number of hydrogen-bond donors (Lipinski definition) is 1. The third kappa shape index (κ3) is 4.84. The molecule has 0 spiro atoms. The van der Waals surface area contributed by atoms with E-state index in [1.165, 1.54) is 0 Å². The summed E-state index contributed by atoms with van der Waals surface area (Å²) in [5.74, 6) is -0.208. The number of nitrogens with one attached hydrogen (secondary N) is 1. The van der Waals surface area contributed by atoms with Gasteiger partial charge in [-0.05, 0) is 57.2 Å². The van der Waals surface area contributed by atoms with Crippen molar-refractivity contribution in [2.75, 3.05) is 0 Å². The van der Waals surface area contributed by atoms with E-state index in [0.29, 0.717) is 16.3 Å². The SMILES string of the molecule is Cc1cnc(CNC(=O)c2cc(-c3ccc(Cl)cn3)cc(-c3ccnn3C(C)C)c2)cn1. The van der Waals surface area contributed by atoms with Gasteiger partial charge in [-0.2, -0.15) is 5.10 Å².